The molecular formula is C13H16O3. The molecule has 3 heteroatoms. The van der Waals surface area contributed by atoms with Gasteiger partial charge < -0.3 is 10.2 Å². The summed E-state index contributed by atoms with van der Waals surface area (Å²) in [6, 6.07) is 7.27. The van der Waals surface area contributed by atoms with Crippen molar-refractivity contribution < 1.29 is 15.0 Å². The molecule has 1 aliphatic carbocycles. The number of hydrogen-bond acceptors (Lipinski definition) is 2. The van der Waals surface area contributed by atoms with Crippen LogP contribution in [0.4, 0.5) is 0 Å². The largest absolute Gasteiger partial charge is 0.479 e. The van der Waals surface area contributed by atoms with Gasteiger partial charge in [0.15, 0.2) is 5.60 Å². The molecule has 2 rings (SSSR count). The molecule has 1 aliphatic rings. The number of rotatable bonds is 1. The predicted molar refractivity (Wildman–Crippen MR) is 60.2 cm³/mol. The summed E-state index contributed by atoms with van der Waals surface area (Å²) >= 11 is 0. The number of aliphatic carboxylic acids is 1. The van der Waals surface area contributed by atoms with Crippen LogP contribution in [0.2, 0.25) is 0 Å². The van der Waals surface area contributed by atoms with Crippen molar-refractivity contribution in [1.29, 1.82) is 0 Å². The van der Waals surface area contributed by atoms with Crippen LogP contribution in [0.5, 0.6) is 0 Å². The van der Waals surface area contributed by atoms with Crippen molar-refractivity contribution in [3.8, 4) is 0 Å². The molecule has 1 unspecified atom stereocenters. The van der Waals surface area contributed by atoms with Crippen molar-refractivity contribution in [3.05, 3.63) is 35.4 Å². The summed E-state index contributed by atoms with van der Waals surface area (Å²) < 4.78 is 0. The molecule has 86 valence electrons. The minimum atomic E-state index is -1.72. The first-order chi connectivity index (χ1) is 7.38. The van der Waals surface area contributed by atoms with Gasteiger partial charge in [-0.25, -0.2) is 4.79 Å². The number of hydrogen-bond donors (Lipinski definition) is 2. The first-order valence-electron chi connectivity index (χ1n) is 5.44. The van der Waals surface area contributed by atoms with Crippen LogP contribution in [0.3, 0.4) is 0 Å². The first kappa shape index (κ1) is 11.1. The van der Waals surface area contributed by atoms with E-state index in [0.717, 1.165) is 5.56 Å². The van der Waals surface area contributed by atoms with Crippen molar-refractivity contribution in [2.45, 2.75) is 37.7 Å². The Hall–Kier alpha value is -1.35. The molecule has 0 amide bonds. The molecule has 1 aromatic carbocycles. The molecule has 0 fully saturated rings. The molecule has 0 saturated heterocycles. The third-order valence-corrected chi connectivity index (χ3v) is 3.57. The third kappa shape index (κ3) is 1.43. The highest BCUT2D eigenvalue weighted by Crippen LogP contribution is 2.44. The Kier molecular flexibility index (Phi) is 2.31. The van der Waals surface area contributed by atoms with Gasteiger partial charge in [-0.2, -0.15) is 0 Å². The van der Waals surface area contributed by atoms with E-state index in [1.165, 1.54) is 0 Å². The van der Waals surface area contributed by atoms with Crippen LogP contribution in [0.1, 0.15) is 37.8 Å². The smallest absolute Gasteiger partial charge is 0.340 e. The number of carbonyl (C=O) groups is 1. The van der Waals surface area contributed by atoms with Crippen LogP contribution in [-0.4, -0.2) is 16.2 Å². The van der Waals surface area contributed by atoms with Gasteiger partial charge in [-0.15, -0.1) is 0 Å². The lowest BCUT2D eigenvalue weighted by molar-refractivity contribution is -0.162. The average Bonchev–Trinajstić information content (AvgIpc) is 2.24. The van der Waals surface area contributed by atoms with E-state index in [0.29, 0.717) is 12.0 Å². The van der Waals surface area contributed by atoms with Crippen LogP contribution in [-0.2, 0) is 15.8 Å². The standard InChI is InChI=1S/C13H16O3/c1-12(2)7-8-13(16,11(14)15)10-6-4-3-5-9(10)12/h3-6,16H,7-8H2,1-2H3,(H,14,15). The molecular weight excluding hydrogens is 204 g/mol. The van der Waals surface area contributed by atoms with Gasteiger partial charge in [-0.1, -0.05) is 38.1 Å². The molecule has 3 nitrogen and oxygen atoms in total. The lowest BCUT2D eigenvalue weighted by Gasteiger charge is -2.39. The SMILES string of the molecule is CC1(C)CCC(O)(C(=O)O)c2ccccc21. The fourth-order valence-corrected chi connectivity index (χ4v) is 2.42. The first-order valence-corrected chi connectivity index (χ1v) is 5.44. The van der Waals surface area contributed by atoms with Crippen molar-refractivity contribution in [1.82, 2.24) is 0 Å². The Balaban J connectivity index is 2.64. The summed E-state index contributed by atoms with van der Waals surface area (Å²) in [5.41, 5.74) is -0.311. The van der Waals surface area contributed by atoms with Gasteiger partial charge in [0.1, 0.15) is 0 Å². The molecule has 0 bridgehead atoms. The molecule has 0 aliphatic heterocycles. The Morgan fingerprint density at radius 2 is 1.75 bits per heavy atom. The number of fused-ring (bicyclic) bond motifs is 1. The number of benzene rings is 1. The van der Waals surface area contributed by atoms with E-state index in [2.05, 4.69) is 13.8 Å². The molecule has 16 heavy (non-hydrogen) atoms. The maximum atomic E-state index is 11.2. The molecule has 0 radical (unpaired) electrons. The second-order valence-corrected chi connectivity index (χ2v) is 5.09. The Bertz CT molecular complexity index is 437. The molecule has 0 heterocycles. The van der Waals surface area contributed by atoms with Crippen LogP contribution in [0.15, 0.2) is 24.3 Å². The maximum absolute atomic E-state index is 11.2. The third-order valence-electron chi connectivity index (χ3n) is 3.57. The highest BCUT2D eigenvalue weighted by molar-refractivity contribution is 5.80. The fourth-order valence-electron chi connectivity index (χ4n) is 2.42. The Labute approximate surface area is 94.7 Å². The number of carboxylic acids is 1. The van der Waals surface area contributed by atoms with E-state index >= 15 is 0 Å². The highest BCUT2D eigenvalue weighted by Gasteiger charge is 2.46. The van der Waals surface area contributed by atoms with Gasteiger partial charge in [0.25, 0.3) is 0 Å². The summed E-state index contributed by atoms with van der Waals surface area (Å²) in [6.07, 6.45) is 0.944. The van der Waals surface area contributed by atoms with E-state index in [9.17, 15) is 9.90 Å². The second kappa shape index (κ2) is 3.32. The van der Waals surface area contributed by atoms with Gasteiger partial charge >= 0.3 is 5.97 Å². The summed E-state index contributed by atoms with van der Waals surface area (Å²) in [5.74, 6) is -1.16. The van der Waals surface area contributed by atoms with Gasteiger partial charge in [0.05, 0.1) is 0 Å². The summed E-state index contributed by atoms with van der Waals surface area (Å²) in [4.78, 5) is 11.2. The van der Waals surface area contributed by atoms with Crippen LogP contribution >= 0.6 is 0 Å². The maximum Gasteiger partial charge on any atom is 0.340 e. The molecule has 0 saturated carbocycles. The minimum Gasteiger partial charge on any atom is -0.479 e. The normalized spacial score (nSPS) is 27.2. The predicted octanol–water partition coefficient (Wildman–Crippen LogP) is 2.03. The fraction of sp³-hybridized carbons (Fsp3) is 0.462. The summed E-state index contributed by atoms with van der Waals surface area (Å²) in [6.45, 7) is 4.15. The van der Waals surface area contributed by atoms with Gasteiger partial charge in [-0.05, 0) is 29.4 Å². The number of carboxylic acid groups (broad SMARTS) is 1. The molecule has 1 aromatic rings. The van der Waals surface area contributed by atoms with E-state index in [1.54, 1.807) is 12.1 Å². The average molecular weight is 220 g/mol. The van der Waals surface area contributed by atoms with Crippen LogP contribution < -0.4 is 0 Å². The minimum absolute atomic E-state index is 0.0712. The van der Waals surface area contributed by atoms with E-state index in [-0.39, 0.29) is 11.8 Å². The highest BCUT2D eigenvalue weighted by atomic mass is 16.4. The molecule has 0 spiro atoms. The lowest BCUT2D eigenvalue weighted by atomic mass is 9.67. The molecule has 2 N–H and O–H groups in total. The quantitative estimate of drug-likeness (QED) is 0.761. The summed E-state index contributed by atoms with van der Waals surface area (Å²) in [5, 5.41) is 19.4. The van der Waals surface area contributed by atoms with E-state index < -0.39 is 11.6 Å². The zero-order chi connectivity index (χ0) is 12.0. The number of aliphatic hydroxyl groups is 1. The van der Waals surface area contributed by atoms with E-state index in [4.69, 9.17) is 5.11 Å². The van der Waals surface area contributed by atoms with Gasteiger partial charge in [-0.3, -0.25) is 0 Å². The van der Waals surface area contributed by atoms with Gasteiger partial charge in [0.2, 0.25) is 0 Å². The van der Waals surface area contributed by atoms with Gasteiger partial charge in [0, 0.05) is 0 Å². The van der Waals surface area contributed by atoms with Crippen molar-refractivity contribution in [2.75, 3.05) is 0 Å². The van der Waals surface area contributed by atoms with Crippen molar-refractivity contribution in [3.63, 3.8) is 0 Å². The Morgan fingerprint density at radius 1 is 1.19 bits per heavy atom. The zero-order valence-corrected chi connectivity index (χ0v) is 9.53. The van der Waals surface area contributed by atoms with Crippen molar-refractivity contribution >= 4 is 5.97 Å². The molecule has 0 aromatic heterocycles. The lowest BCUT2D eigenvalue weighted by Crippen LogP contribution is -2.43. The second-order valence-electron chi connectivity index (χ2n) is 5.09. The van der Waals surface area contributed by atoms with Crippen molar-refractivity contribution in [2.24, 2.45) is 0 Å². The molecule has 1 atom stereocenters. The van der Waals surface area contributed by atoms with E-state index in [1.807, 2.05) is 12.1 Å². The van der Waals surface area contributed by atoms with Crippen LogP contribution in [0, 0.1) is 0 Å². The topological polar surface area (TPSA) is 57.5 Å². The monoisotopic (exact) mass is 220 g/mol. The van der Waals surface area contributed by atoms with Crippen LogP contribution in [0.25, 0.3) is 0 Å². The zero-order valence-electron chi connectivity index (χ0n) is 9.53. The Morgan fingerprint density at radius 3 is 2.31 bits per heavy atom. The summed E-state index contributed by atoms with van der Waals surface area (Å²) in [7, 11) is 0.